The van der Waals surface area contributed by atoms with Gasteiger partial charge in [0.15, 0.2) is 0 Å². The first kappa shape index (κ1) is 16.4. The fourth-order valence-corrected chi connectivity index (χ4v) is 2.64. The normalized spacial score (nSPS) is 24.1. The minimum absolute atomic E-state index is 0.286. The van der Waals surface area contributed by atoms with Gasteiger partial charge in [0.05, 0.1) is 6.10 Å². The van der Waals surface area contributed by atoms with Crippen molar-refractivity contribution in [2.24, 2.45) is 5.73 Å². The lowest BCUT2D eigenvalue weighted by atomic mass is 9.98. The standard InChI is InChI=1S/C14H29N3O2/c1-4-9-19-12-7-6-8-17(10-12)11-14(3,13(15)18)16-5-2/h12,16H,4-11H2,1-3H3,(H2,15,18). The zero-order valence-electron chi connectivity index (χ0n) is 12.6. The summed E-state index contributed by atoms with van der Waals surface area (Å²) in [4.78, 5) is 13.9. The van der Waals surface area contributed by atoms with Crippen LogP contribution in [0.4, 0.5) is 0 Å². The van der Waals surface area contributed by atoms with Crippen LogP contribution in [0.3, 0.4) is 0 Å². The van der Waals surface area contributed by atoms with Crippen LogP contribution in [-0.2, 0) is 9.53 Å². The van der Waals surface area contributed by atoms with Crippen LogP contribution in [0.5, 0.6) is 0 Å². The summed E-state index contributed by atoms with van der Waals surface area (Å²) in [6, 6.07) is 0. The molecule has 0 spiro atoms. The molecular formula is C14H29N3O2. The number of amides is 1. The summed E-state index contributed by atoms with van der Waals surface area (Å²) >= 11 is 0. The van der Waals surface area contributed by atoms with E-state index in [9.17, 15) is 4.79 Å². The van der Waals surface area contributed by atoms with Crippen LogP contribution in [0.15, 0.2) is 0 Å². The highest BCUT2D eigenvalue weighted by molar-refractivity contribution is 5.84. The Morgan fingerprint density at radius 2 is 2.26 bits per heavy atom. The zero-order chi connectivity index (χ0) is 14.3. The number of hydrogen-bond acceptors (Lipinski definition) is 4. The van der Waals surface area contributed by atoms with Crippen molar-refractivity contribution in [3.63, 3.8) is 0 Å². The fraction of sp³-hybridized carbons (Fsp3) is 0.929. The van der Waals surface area contributed by atoms with E-state index in [2.05, 4.69) is 17.1 Å². The first-order chi connectivity index (χ1) is 9.01. The van der Waals surface area contributed by atoms with Crippen LogP contribution < -0.4 is 11.1 Å². The Hall–Kier alpha value is -0.650. The van der Waals surface area contributed by atoms with Gasteiger partial charge in [0.2, 0.25) is 5.91 Å². The minimum Gasteiger partial charge on any atom is -0.377 e. The van der Waals surface area contributed by atoms with E-state index in [0.29, 0.717) is 12.6 Å². The Bertz CT molecular complexity index is 286. The summed E-state index contributed by atoms with van der Waals surface area (Å²) in [6.07, 6.45) is 3.58. The van der Waals surface area contributed by atoms with Crippen LogP contribution in [-0.4, -0.2) is 55.2 Å². The van der Waals surface area contributed by atoms with Gasteiger partial charge in [0, 0.05) is 19.7 Å². The average molecular weight is 271 g/mol. The van der Waals surface area contributed by atoms with Gasteiger partial charge in [-0.25, -0.2) is 0 Å². The molecule has 0 aliphatic carbocycles. The number of likely N-dealkylation sites (N-methyl/N-ethyl adjacent to an activating group) is 1. The molecule has 0 bridgehead atoms. The van der Waals surface area contributed by atoms with E-state index in [1.54, 1.807) is 0 Å². The molecule has 0 aromatic heterocycles. The summed E-state index contributed by atoms with van der Waals surface area (Å²) in [5.74, 6) is -0.286. The molecule has 1 amide bonds. The van der Waals surface area contributed by atoms with Gasteiger partial charge >= 0.3 is 0 Å². The van der Waals surface area contributed by atoms with Crippen molar-refractivity contribution in [1.29, 1.82) is 0 Å². The highest BCUT2D eigenvalue weighted by Gasteiger charge is 2.34. The smallest absolute Gasteiger partial charge is 0.238 e. The Balaban J connectivity index is 2.52. The largest absolute Gasteiger partial charge is 0.377 e. The van der Waals surface area contributed by atoms with Gasteiger partial charge in [-0.1, -0.05) is 13.8 Å². The molecule has 1 aliphatic heterocycles. The number of primary amides is 1. The van der Waals surface area contributed by atoms with Crippen LogP contribution in [0.2, 0.25) is 0 Å². The summed E-state index contributed by atoms with van der Waals surface area (Å²) in [7, 11) is 0. The van der Waals surface area contributed by atoms with Gasteiger partial charge in [0.1, 0.15) is 5.54 Å². The monoisotopic (exact) mass is 271 g/mol. The molecule has 3 N–H and O–H groups in total. The summed E-state index contributed by atoms with van der Waals surface area (Å²) < 4.78 is 5.82. The molecule has 1 fully saturated rings. The third kappa shape index (κ3) is 5.09. The number of carbonyl (C=O) groups excluding carboxylic acids is 1. The average Bonchev–Trinajstić information content (AvgIpc) is 2.37. The molecule has 0 aromatic carbocycles. The number of hydrogen-bond donors (Lipinski definition) is 2. The Morgan fingerprint density at radius 3 is 2.84 bits per heavy atom. The maximum absolute atomic E-state index is 11.6. The molecule has 5 heteroatoms. The van der Waals surface area contributed by atoms with E-state index >= 15 is 0 Å². The number of rotatable bonds is 8. The van der Waals surface area contributed by atoms with E-state index in [1.807, 2.05) is 13.8 Å². The Kier molecular flexibility index (Phi) is 6.75. The predicted octanol–water partition coefficient (Wildman–Crippen LogP) is 0.731. The lowest BCUT2D eigenvalue weighted by Crippen LogP contribution is -2.60. The van der Waals surface area contributed by atoms with E-state index in [1.165, 1.54) is 0 Å². The first-order valence-corrected chi connectivity index (χ1v) is 7.40. The lowest BCUT2D eigenvalue weighted by Gasteiger charge is -2.38. The third-order valence-electron chi connectivity index (χ3n) is 3.67. The molecular weight excluding hydrogens is 242 g/mol. The molecule has 19 heavy (non-hydrogen) atoms. The summed E-state index contributed by atoms with van der Waals surface area (Å²) in [5, 5.41) is 3.21. The van der Waals surface area contributed by atoms with Crippen molar-refractivity contribution in [3.05, 3.63) is 0 Å². The van der Waals surface area contributed by atoms with Gasteiger partial charge < -0.3 is 15.8 Å². The first-order valence-electron chi connectivity index (χ1n) is 7.40. The number of nitrogens with zero attached hydrogens (tertiary/aromatic N) is 1. The van der Waals surface area contributed by atoms with Crippen molar-refractivity contribution in [2.45, 2.75) is 51.7 Å². The molecule has 1 saturated heterocycles. The van der Waals surface area contributed by atoms with Gasteiger partial charge in [-0.05, 0) is 39.3 Å². The Morgan fingerprint density at radius 1 is 1.53 bits per heavy atom. The highest BCUT2D eigenvalue weighted by atomic mass is 16.5. The zero-order valence-corrected chi connectivity index (χ0v) is 12.6. The van der Waals surface area contributed by atoms with Gasteiger partial charge in [0.25, 0.3) is 0 Å². The van der Waals surface area contributed by atoms with Gasteiger partial charge in [-0.3, -0.25) is 9.69 Å². The highest BCUT2D eigenvalue weighted by Crippen LogP contribution is 2.16. The second kappa shape index (κ2) is 7.82. The molecule has 5 nitrogen and oxygen atoms in total. The van der Waals surface area contributed by atoms with E-state index in [-0.39, 0.29) is 5.91 Å². The molecule has 2 atom stereocenters. The van der Waals surface area contributed by atoms with Crippen molar-refractivity contribution < 1.29 is 9.53 Å². The van der Waals surface area contributed by atoms with E-state index in [0.717, 1.165) is 45.5 Å². The quantitative estimate of drug-likeness (QED) is 0.683. The van der Waals surface area contributed by atoms with Gasteiger partial charge in [-0.15, -0.1) is 0 Å². The molecule has 1 heterocycles. The maximum Gasteiger partial charge on any atom is 0.238 e. The van der Waals surface area contributed by atoms with Gasteiger partial charge in [-0.2, -0.15) is 0 Å². The van der Waals surface area contributed by atoms with E-state index in [4.69, 9.17) is 10.5 Å². The van der Waals surface area contributed by atoms with Crippen LogP contribution in [0.25, 0.3) is 0 Å². The number of carbonyl (C=O) groups is 1. The number of ether oxygens (including phenoxy) is 1. The number of likely N-dealkylation sites (tertiary alicyclic amines) is 1. The molecule has 1 rings (SSSR count). The number of nitrogens with two attached hydrogens (primary N) is 1. The Labute approximate surface area is 116 Å². The molecule has 2 unspecified atom stereocenters. The minimum atomic E-state index is -0.651. The topological polar surface area (TPSA) is 67.6 Å². The molecule has 0 radical (unpaired) electrons. The second-order valence-corrected chi connectivity index (χ2v) is 5.60. The van der Waals surface area contributed by atoms with Crippen LogP contribution >= 0.6 is 0 Å². The van der Waals surface area contributed by atoms with Crippen LogP contribution in [0, 0.1) is 0 Å². The van der Waals surface area contributed by atoms with Crippen LogP contribution in [0.1, 0.15) is 40.0 Å². The van der Waals surface area contributed by atoms with E-state index < -0.39 is 5.54 Å². The summed E-state index contributed by atoms with van der Waals surface area (Å²) in [6.45, 7) is 10.1. The molecule has 0 saturated carbocycles. The van der Waals surface area contributed by atoms with Crippen molar-refractivity contribution >= 4 is 5.91 Å². The summed E-state index contributed by atoms with van der Waals surface area (Å²) in [5.41, 5.74) is 4.88. The fourth-order valence-electron chi connectivity index (χ4n) is 2.64. The van der Waals surface area contributed by atoms with Crippen molar-refractivity contribution in [3.8, 4) is 0 Å². The van der Waals surface area contributed by atoms with Crippen molar-refractivity contribution in [1.82, 2.24) is 10.2 Å². The third-order valence-corrected chi connectivity index (χ3v) is 3.67. The SMILES string of the molecule is CCCOC1CCCN(CC(C)(NCC)C(N)=O)C1. The molecule has 1 aliphatic rings. The molecule has 112 valence electrons. The number of piperidine rings is 1. The number of nitrogens with one attached hydrogen (secondary N) is 1. The molecule has 0 aromatic rings. The predicted molar refractivity (Wildman–Crippen MR) is 77.0 cm³/mol. The second-order valence-electron chi connectivity index (χ2n) is 5.60. The maximum atomic E-state index is 11.6. The lowest BCUT2D eigenvalue weighted by molar-refractivity contribution is -0.125. The van der Waals surface area contributed by atoms with Crippen molar-refractivity contribution in [2.75, 3.05) is 32.8 Å².